The molecule has 0 amide bonds. The van der Waals surface area contributed by atoms with E-state index in [1.165, 1.54) is 0 Å². The van der Waals surface area contributed by atoms with E-state index in [9.17, 15) is 8.42 Å². The third kappa shape index (κ3) is 4.71. The van der Waals surface area contributed by atoms with E-state index in [0.717, 1.165) is 17.7 Å². The molecule has 1 aromatic carbocycles. The normalized spacial score (nSPS) is 24.1. The van der Waals surface area contributed by atoms with Crippen LogP contribution in [0.2, 0.25) is 0 Å². The number of sulfonamides is 1. The third-order valence-corrected chi connectivity index (χ3v) is 6.51. The standard InChI is InChI=1S/C15H24N2O2S2/c1-12-9-17(10-13(2)20-12)21(18,19)11-15-6-4-5-14(7-15)8-16-3/h4-7,12-13,16H,8-11H2,1-3H3. The quantitative estimate of drug-likeness (QED) is 0.899. The van der Waals surface area contributed by atoms with Crippen molar-refractivity contribution in [3.63, 3.8) is 0 Å². The summed E-state index contributed by atoms with van der Waals surface area (Å²) >= 11 is 1.86. The Bertz CT molecular complexity index is 565. The van der Waals surface area contributed by atoms with Crippen LogP contribution in [-0.4, -0.2) is 43.4 Å². The number of nitrogens with zero attached hydrogens (tertiary/aromatic N) is 1. The molecule has 1 saturated heterocycles. The van der Waals surface area contributed by atoms with Crippen LogP contribution >= 0.6 is 11.8 Å². The van der Waals surface area contributed by atoms with Gasteiger partial charge in [0.05, 0.1) is 5.75 Å². The lowest BCUT2D eigenvalue weighted by Crippen LogP contribution is -2.44. The van der Waals surface area contributed by atoms with Crippen LogP contribution in [0.25, 0.3) is 0 Å². The van der Waals surface area contributed by atoms with Crippen LogP contribution in [0.1, 0.15) is 25.0 Å². The Morgan fingerprint density at radius 1 is 1.24 bits per heavy atom. The summed E-state index contributed by atoms with van der Waals surface area (Å²) in [6, 6.07) is 7.80. The molecule has 0 aromatic heterocycles. The lowest BCUT2D eigenvalue weighted by Gasteiger charge is -2.33. The Balaban J connectivity index is 2.11. The highest BCUT2D eigenvalue weighted by atomic mass is 32.2. The lowest BCUT2D eigenvalue weighted by molar-refractivity contribution is 0.404. The minimum absolute atomic E-state index is 0.0919. The highest BCUT2D eigenvalue weighted by molar-refractivity contribution is 8.00. The van der Waals surface area contributed by atoms with Gasteiger partial charge in [-0.15, -0.1) is 0 Å². The highest BCUT2D eigenvalue weighted by Gasteiger charge is 2.30. The Kier molecular flexibility index (Phi) is 5.71. The first-order valence-electron chi connectivity index (χ1n) is 7.26. The summed E-state index contributed by atoms with van der Waals surface area (Å²) in [4.78, 5) is 0. The van der Waals surface area contributed by atoms with Crippen molar-refractivity contribution in [3.8, 4) is 0 Å². The van der Waals surface area contributed by atoms with Crippen molar-refractivity contribution in [2.45, 2.75) is 36.6 Å². The summed E-state index contributed by atoms with van der Waals surface area (Å²) in [5.41, 5.74) is 1.97. The maximum atomic E-state index is 12.6. The molecule has 1 N–H and O–H groups in total. The minimum Gasteiger partial charge on any atom is -0.316 e. The van der Waals surface area contributed by atoms with Gasteiger partial charge in [-0.1, -0.05) is 38.1 Å². The van der Waals surface area contributed by atoms with Crippen molar-refractivity contribution in [3.05, 3.63) is 35.4 Å². The van der Waals surface area contributed by atoms with E-state index >= 15 is 0 Å². The van der Waals surface area contributed by atoms with Gasteiger partial charge in [0.15, 0.2) is 0 Å². The third-order valence-electron chi connectivity index (χ3n) is 3.50. The van der Waals surface area contributed by atoms with Crippen molar-refractivity contribution in [2.75, 3.05) is 20.1 Å². The first kappa shape index (κ1) is 16.8. The minimum atomic E-state index is -3.23. The molecule has 4 nitrogen and oxygen atoms in total. The molecule has 0 saturated carbocycles. The average molecular weight is 329 g/mol. The zero-order chi connectivity index (χ0) is 15.5. The zero-order valence-electron chi connectivity index (χ0n) is 12.9. The van der Waals surface area contributed by atoms with Gasteiger partial charge in [-0.25, -0.2) is 8.42 Å². The van der Waals surface area contributed by atoms with Gasteiger partial charge in [0.2, 0.25) is 10.0 Å². The monoisotopic (exact) mass is 328 g/mol. The lowest BCUT2D eigenvalue weighted by atomic mass is 10.1. The van der Waals surface area contributed by atoms with Crippen LogP contribution < -0.4 is 5.32 Å². The Morgan fingerprint density at radius 2 is 1.86 bits per heavy atom. The topological polar surface area (TPSA) is 49.4 Å². The molecule has 1 fully saturated rings. The van der Waals surface area contributed by atoms with Gasteiger partial charge in [-0.3, -0.25) is 0 Å². The zero-order valence-corrected chi connectivity index (χ0v) is 14.5. The van der Waals surface area contributed by atoms with Gasteiger partial charge in [0.25, 0.3) is 0 Å². The maximum Gasteiger partial charge on any atom is 0.218 e. The van der Waals surface area contributed by atoms with Gasteiger partial charge in [-0.05, 0) is 18.2 Å². The highest BCUT2D eigenvalue weighted by Crippen LogP contribution is 2.27. The Labute approximate surface area is 132 Å². The molecule has 2 unspecified atom stereocenters. The van der Waals surface area contributed by atoms with Crippen LogP contribution in [0.4, 0.5) is 0 Å². The molecule has 0 radical (unpaired) electrons. The van der Waals surface area contributed by atoms with Gasteiger partial charge >= 0.3 is 0 Å². The molecule has 0 aliphatic carbocycles. The summed E-state index contributed by atoms with van der Waals surface area (Å²) in [5, 5.41) is 3.81. The number of hydrogen-bond acceptors (Lipinski definition) is 4. The van der Waals surface area contributed by atoms with Crippen LogP contribution in [0.3, 0.4) is 0 Å². The molecule has 6 heteroatoms. The van der Waals surface area contributed by atoms with Crippen molar-refractivity contribution in [1.82, 2.24) is 9.62 Å². The van der Waals surface area contributed by atoms with Gasteiger partial charge in [0.1, 0.15) is 0 Å². The summed E-state index contributed by atoms with van der Waals surface area (Å²) in [7, 11) is -1.35. The first-order chi connectivity index (χ1) is 9.90. The fourth-order valence-electron chi connectivity index (χ4n) is 2.69. The number of hydrogen-bond donors (Lipinski definition) is 1. The van der Waals surface area contributed by atoms with Gasteiger partial charge < -0.3 is 5.32 Å². The molecular weight excluding hydrogens is 304 g/mol. The molecule has 0 bridgehead atoms. The van der Waals surface area contributed by atoms with E-state index in [0.29, 0.717) is 23.6 Å². The van der Waals surface area contributed by atoms with Crippen LogP contribution in [0.15, 0.2) is 24.3 Å². The summed E-state index contributed by atoms with van der Waals surface area (Å²) in [6.45, 7) is 6.18. The van der Waals surface area contributed by atoms with Crippen molar-refractivity contribution in [1.29, 1.82) is 0 Å². The van der Waals surface area contributed by atoms with E-state index in [1.54, 1.807) is 4.31 Å². The summed E-state index contributed by atoms with van der Waals surface area (Å²) < 4.78 is 26.9. The predicted molar refractivity (Wildman–Crippen MR) is 89.9 cm³/mol. The van der Waals surface area contributed by atoms with Crippen LogP contribution in [0, 0.1) is 0 Å². The molecule has 0 spiro atoms. The second kappa shape index (κ2) is 7.13. The van der Waals surface area contributed by atoms with E-state index in [-0.39, 0.29) is 5.75 Å². The number of nitrogens with one attached hydrogen (secondary N) is 1. The molecule has 21 heavy (non-hydrogen) atoms. The molecule has 1 aliphatic heterocycles. The second-order valence-electron chi connectivity index (χ2n) is 5.68. The molecule has 2 atom stereocenters. The fraction of sp³-hybridized carbons (Fsp3) is 0.600. The van der Waals surface area contributed by atoms with Crippen LogP contribution in [-0.2, 0) is 22.3 Å². The van der Waals surface area contributed by atoms with Gasteiger partial charge in [-0.2, -0.15) is 16.1 Å². The summed E-state index contributed by atoms with van der Waals surface area (Å²) in [6.07, 6.45) is 0. The molecular formula is C15H24N2O2S2. The molecule has 2 rings (SSSR count). The van der Waals surface area contributed by atoms with Crippen LogP contribution in [0.5, 0.6) is 0 Å². The molecule has 1 aromatic rings. The smallest absolute Gasteiger partial charge is 0.218 e. The van der Waals surface area contributed by atoms with E-state index in [2.05, 4.69) is 19.2 Å². The Hall–Kier alpha value is -0.560. The average Bonchev–Trinajstić information content (AvgIpc) is 2.38. The van der Waals surface area contributed by atoms with Gasteiger partial charge in [0, 0.05) is 30.1 Å². The predicted octanol–water partition coefficient (Wildman–Crippen LogP) is 2.06. The van der Waals surface area contributed by atoms with Crippen molar-refractivity contribution >= 4 is 21.8 Å². The summed E-state index contributed by atoms with van der Waals surface area (Å²) in [5.74, 6) is 0.0919. The van der Waals surface area contributed by atoms with E-state index in [4.69, 9.17) is 0 Å². The number of rotatable bonds is 5. The Morgan fingerprint density at radius 3 is 2.48 bits per heavy atom. The molecule has 1 aliphatic rings. The number of thioether (sulfide) groups is 1. The fourth-order valence-corrected chi connectivity index (χ4v) is 5.89. The maximum absolute atomic E-state index is 12.6. The first-order valence-corrected chi connectivity index (χ1v) is 9.81. The number of benzene rings is 1. The SMILES string of the molecule is CNCc1cccc(CS(=O)(=O)N2CC(C)SC(C)C2)c1. The largest absolute Gasteiger partial charge is 0.316 e. The van der Waals surface area contributed by atoms with Crippen molar-refractivity contribution < 1.29 is 8.42 Å². The van der Waals surface area contributed by atoms with E-state index < -0.39 is 10.0 Å². The van der Waals surface area contributed by atoms with Crippen molar-refractivity contribution in [2.24, 2.45) is 0 Å². The molecule has 118 valence electrons. The second-order valence-corrected chi connectivity index (χ2v) is 9.53. The molecule has 1 heterocycles. The van der Waals surface area contributed by atoms with E-state index in [1.807, 2.05) is 43.1 Å².